The highest BCUT2D eigenvalue weighted by atomic mass is 15.3. The zero-order valence-corrected chi connectivity index (χ0v) is 21.9. The van der Waals surface area contributed by atoms with Crippen LogP contribution in [0.5, 0.6) is 0 Å². The molecule has 0 unspecified atom stereocenters. The normalized spacial score (nSPS) is 11.9. The molecule has 0 saturated carbocycles. The van der Waals surface area contributed by atoms with Gasteiger partial charge in [-0.1, -0.05) is 97.1 Å². The van der Waals surface area contributed by atoms with E-state index in [1.54, 1.807) is 0 Å². The smallest absolute Gasteiger partial charge is 0.238 e. The number of benzene rings is 5. The minimum Gasteiger partial charge on any atom is -0.292 e. The SMILES string of the molecule is c1ccc(-c2nc(-n3c4ccccc4n4c5c6ccccc6n(-c6ccccc6)c5nc34)nc3ccccc23)cc1. The molecule has 0 aliphatic carbocycles. The Balaban J connectivity index is 1.45. The van der Waals surface area contributed by atoms with E-state index in [1.807, 2.05) is 36.4 Å². The van der Waals surface area contributed by atoms with Crippen LogP contribution in [-0.2, 0) is 0 Å². The molecule has 0 spiro atoms. The maximum Gasteiger partial charge on any atom is 0.238 e. The van der Waals surface area contributed by atoms with E-state index in [2.05, 4.69) is 111 Å². The second-order valence-corrected chi connectivity index (χ2v) is 10.2. The Hall–Kier alpha value is -5.75. The lowest BCUT2D eigenvalue weighted by Crippen LogP contribution is -2.04. The zero-order valence-electron chi connectivity index (χ0n) is 21.9. The standard InChI is InChI=1S/C35H22N6/c1-3-13-23(14-4-1)31-25-17-7-9-19-27(25)36-34(37-31)41-30-22-12-11-21-29(30)40-32-26-18-8-10-20-28(26)39(33(32)38-35(40)41)24-15-5-2-6-16-24/h1-22H. The average Bonchev–Trinajstić information content (AvgIpc) is 3.67. The van der Waals surface area contributed by atoms with Gasteiger partial charge in [0.25, 0.3) is 0 Å². The van der Waals surface area contributed by atoms with Gasteiger partial charge in [-0.15, -0.1) is 0 Å². The molecule has 6 heteroatoms. The molecule has 0 amide bonds. The minimum absolute atomic E-state index is 0.594. The van der Waals surface area contributed by atoms with Gasteiger partial charge in [0.15, 0.2) is 5.65 Å². The van der Waals surface area contributed by atoms with Crippen molar-refractivity contribution in [1.82, 2.24) is 28.5 Å². The van der Waals surface area contributed by atoms with Gasteiger partial charge in [0, 0.05) is 22.0 Å². The van der Waals surface area contributed by atoms with Crippen LogP contribution in [0.2, 0.25) is 0 Å². The summed E-state index contributed by atoms with van der Waals surface area (Å²) in [6, 6.07) is 45.8. The lowest BCUT2D eigenvalue weighted by Gasteiger charge is -2.10. The third-order valence-electron chi connectivity index (χ3n) is 7.87. The Kier molecular flexibility index (Phi) is 4.51. The number of para-hydroxylation sites is 5. The van der Waals surface area contributed by atoms with Crippen molar-refractivity contribution >= 4 is 49.8 Å². The number of imidazole rings is 2. The van der Waals surface area contributed by atoms with Crippen molar-refractivity contribution < 1.29 is 0 Å². The van der Waals surface area contributed by atoms with E-state index in [0.29, 0.717) is 5.95 Å². The summed E-state index contributed by atoms with van der Waals surface area (Å²) in [5.41, 5.74) is 9.06. The maximum absolute atomic E-state index is 5.33. The van der Waals surface area contributed by atoms with Gasteiger partial charge in [-0.2, -0.15) is 4.98 Å². The van der Waals surface area contributed by atoms with Crippen LogP contribution in [0.1, 0.15) is 0 Å². The van der Waals surface area contributed by atoms with Gasteiger partial charge in [-0.25, -0.2) is 14.5 Å². The number of hydrogen-bond acceptors (Lipinski definition) is 3. The van der Waals surface area contributed by atoms with E-state index in [9.17, 15) is 0 Å². The highest BCUT2D eigenvalue weighted by Gasteiger charge is 2.24. The lowest BCUT2D eigenvalue weighted by atomic mass is 10.1. The van der Waals surface area contributed by atoms with E-state index in [-0.39, 0.29) is 0 Å². The summed E-state index contributed by atoms with van der Waals surface area (Å²) in [6.45, 7) is 0. The molecule has 0 fully saturated rings. The third-order valence-corrected chi connectivity index (χ3v) is 7.87. The molecule has 0 aliphatic rings. The topological polar surface area (TPSA) is 52.9 Å². The number of fused-ring (bicyclic) bond motifs is 8. The highest BCUT2D eigenvalue weighted by Crippen LogP contribution is 2.37. The molecule has 4 aromatic heterocycles. The number of hydrogen-bond donors (Lipinski definition) is 0. The Labute approximate surface area is 234 Å². The van der Waals surface area contributed by atoms with Crippen LogP contribution >= 0.6 is 0 Å². The van der Waals surface area contributed by atoms with Crippen LogP contribution < -0.4 is 0 Å². The Morgan fingerprint density at radius 2 is 1.10 bits per heavy atom. The van der Waals surface area contributed by atoms with E-state index in [4.69, 9.17) is 15.0 Å². The van der Waals surface area contributed by atoms with Crippen molar-refractivity contribution in [2.45, 2.75) is 0 Å². The second-order valence-electron chi connectivity index (χ2n) is 10.2. The van der Waals surface area contributed by atoms with Crippen LogP contribution in [0.4, 0.5) is 0 Å². The molecule has 9 aromatic rings. The van der Waals surface area contributed by atoms with Gasteiger partial charge in [0.05, 0.1) is 27.8 Å². The van der Waals surface area contributed by atoms with Crippen molar-refractivity contribution in [2.24, 2.45) is 0 Å². The van der Waals surface area contributed by atoms with Crippen LogP contribution in [0, 0.1) is 0 Å². The average molecular weight is 527 g/mol. The van der Waals surface area contributed by atoms with E-state index >= 15 is 0 Å². The monoisotopic (exact) mass is 526 g/mol. The first-order valence-corrected chi connectivity index (χ1v) is 13.7. The number of aromatic nitrogens is 6. The fourth-order valence-electron chi connectivity index (χ4n) is 6.12. The molecule has 6 nitrogen and oxygen atoms in total. The second kappa shape index (κ2) is 8.37. The van der Waals surface area contributed by atoms with Crippen LogP contribution in [-0.4, -0.2) is 28.5 Å². The molecule has 0 aliphatic heterocycles. The van der Waals surface area contributed by atoms with Gasteiger partial charge in [0.1, 0.15) is 5.52 Å². The van der Waals surface area contributed by atoms with Gasteiger partial charge >= 0.3 is 0 Å². The minimum atomic E-state index is 0.594. The summed E-state index contributed by atoms with van der Waals surface area (Å²) in [6.07, 6.45) is 0. The van der Waals surface area contributed by atoms with Gasteiger partial charge in [0.2, 0.25) is 11.7 Å². The largest absolute Gasteiger partial charge is 0.292 e. The van der Waals surface area contributed by atoms with Gasteiger partial charge in [-0.3, -0.25) is 8.97 Å². The van der Waals surface area contributed by atoms with Crippen molar-refractivity contribution in [3.8, 4) is 22.9 Å². The van der Waals surface area contributed by atoms with Crippen molar-refractivity contribution in [1.29, 1.82) is 0 Å². The highest BCUT2D eigenvalue weighted by molar-refractivity contribution is 6.09. The molecule has 0 bridgehead atoms. The quantitative estimate of drug-likeness (QED) is 0.234. The fraction of sp³-hybridized carbons (Fsp3) is 0. The molecule has 192 valence electrons. The Morgan fingerprint density at radius 1 is 0.463 bits per heavy atom. The van der Waals surface area contributed by atoms with Crippen LogP contribution in [0.15, 0.2) is 133 Å². The van der Waals surface area contributed by atoms with Crippen molar-refractivity contribution in [2.75, 3.05) is 0 Å². The van der Waals surface area contributed by atoms with E-state index < -0.39 is 0 Å². The molecule has 9 rings (SSSR count). The Bertz CT molecular complexity index is 2410. The van der Waals surface area contributed by atoms with E-state index in [1.165, 1.54) is 0 Å². The van der Waals surface area contributed by atoms with Crippen molar-refractivity contribution in [3.05, 3.63) is 133 Å². The molecule has 4 heterocycles. The van der Waals surface area contributed by atoms with E-state index in [0.717, 1.165) is 66.7 Å². The number of nitrogens with zero attached hydrogens (tertiary/aromatic N) is 6. The summed E-state index contributed by atoms with van der Waals surface area (Å²) < 4.78 is 6.60. The molecule has 0 radical (unpaired) electrons. The molecule has 0 saturated heterocycles. The van der Waals surface area contributed by atoms with Crippen molar-refractivity contribution in [3.63, 3.8) is 0 Å². The molecule has 41 heavy (non-hydrogen) atoms. The first-order valence-electron chi connectivity index (χ1n) is 13.7. The lowest BCUT2D eigenvalue weighted by molar-refractivity contribution is 0.984. The zero-order chi connectivity index (χ0) is 26.9. The Morgan fingerprint density at radius 3 is 1.90 bits per heavy atom. The predicted molar refractivity (Wildman–Crippen MR) is 165 cm³/mol. The van der Waals surface area contributed by atoms with Crippen LogP contribution in [0.3, 0.4) is 0 Å². The maximum atomic E-state index is 5.33. The van der Waals surface area contributed by atoms with Gasteiger partial charge in [-0.05, 0) is 36.4 Å². The summed E-state index contributed by atoms with van der Waals surface area (Å²) in [5, 5.41) is 2.16. The molecular formula is C35H22N6. The first-order chi connectivity index (χ1) is 20.4. The molecular weight excluding hydrogens is 504 g/mol. The summed E-state index contributed by atoms with van der Waals surface area (Å²) in [5.74, 6) is 1.37. The summed E-state index contributed by atoms with van der Waals surface area (Å²) in [4.78, 5) is 15.6. The molecule has 0 atom stereocenters. The third kappa shape index (κ3) is 3.10. The number of rotatable bonds is 3. The van der Waals surface area contributed by atoms with Crippen LogP contribution in [0.25, 0.3) is 72.7 Å². The summed E-state index contributed by atoms with van der Waals surface area (Å²) in [7, 11) is 0. The first kappa shape index (κ1) is 22.1. The molecule has 0 N–H and O–H groups in total. The summed E-state index contributed by atoms with van der Waals surface area (Å²) >= 11 is 0. The fourth-order valence-corrected chi connectivity index (χ4v) is 6.12. The predicted octanol–water partition coefficient (Wildman–Crippen LogP) is 7.99. The van der Waals surface area contributed by atoms with Gasteiger partial charge < -0.3 is 0 Å². The molecule has 5 aromatic carbocycles.